The second-order valence-corrected chi connectivity index (χ2v) is 6.45. The minimum absolute atomic E-state index is 0.565. The molecule has 0 atom stereocenters. The summed E-state index contributed by atoms with van der Waals surface area (Å²) in [5, 5.41) is 3.57. The van der Waals surface area contributed by atoms with Crippen molar-refractivity contribution in [2.45, 2.75) is 6.42 Å². The number of nitrogens with one attached hydrogen (secondary N) is 1. The summed E-state index contributed by atoms with van der Waals surface area (Å²) in [7, 11) is 0. The number of hydrogen-bond donors (Lipinski definition) is 1. The van der Waals surface area contributed by atoms with Gasteiger partial charge in [-0.05, 0) is 22.4 Å². The van der Waals surface area contributed by atoms with Crippen LogP contribution in [0.5, 0.6) is 0 Å². The van der Waals surface area contributed by atoms with Gasteiger partial charge in [0.25, 0.3) is 0 Å². The lowest BCUT2D eigenvalue weighted by atomic mass is 10.0. The van der Waals surface area contributed by atoms with E-state index >= 15 is 0 Å². The van der Waals surface area contributed by atoms with Crippen molar-refractivity contribution >= 4 is 34.0 Å². The molecule has 0 aliphatic rings. The molecule has 0 radical (unpaired) electrons. The van der Waals surface area contributed by atoms with Crippen molar-refractivity contribution in [2.75, 3.05) is 0 Å². The van der Waals surface area contributed by atoms with E-state index < -0.39 is 0 Å². The van der Waals surface area contributed by atoms with Crippen LogP contribution in [0.3, 0.4) is 0 Å². The van der Waals surface area contributed by atoms with Gasteiger partial charge >= 0.3 is 0 Å². The predicted octanol–water partition coefficient (Wildman–Crippen LogP) is 6.13. The molecule has 1 heterocycles. The molecule has 0 fully saturated rings. The molecule has 24 heavy (non-hydrogen) atoms. The Morgan fingerprint density at radius 3 is 2.58 bits per heavy atom. The van der Waals surface area contributed by atoms with Crippen LogP contribution in [0.4, 0.5) is 0 Å². The van der Waals surface area contributed by atoms with Crippen molar-refractivity contribution in [1.29, 1.82) is 0 Å². The molecule has 3 aromatic carbocycles. The molecule has 2 nitrogen and oxygen atoms in total. The van der Waals surface area contributed by atoms with Gasteiger partial charge in [-0.15, -0.1) is 0 Å². The Kier molecular flexibility index (Phi) is 4.01. The minimum atomic E-state index is 0.565. The van der Waals surface area contributed by atoms with E-state index in [1.54, 1.807) is 6.07 Å². The number of benzene rings is 3. The van der Waals surface area contributed by atoms with Crippen molar-refractivity contribution in [3.63, 3.8) is 0 Å². The monoisotopic (exact) mass is 352 g/mol. The molecule has 4 rings (SSSR count). The smallest absolute Gasteiger partial charge is 0.110 e. The molecule has 4 heteroatoms. The number of hydrogen-bond acceptors (Lipinski definition) is 1. The summed E-state index contributed by atoms with van der Waals surface area (Å²) in [5.41, 5.74) is 3.10. The zero-order valence-corrected chi connectivity index (χ0v) is 14.3. The highest BCUT2D eigenvalue weighted by atomic mass is 35.5. The van der Waals surface area contributed by atoms with Crippen LogP contribution >= 0.6 is 23.2 Å². The third-order valence-corrected chi connectivity index (χ3v) is 4.96. The molecule has 0 aliphatic carbocycles. The van der Waals surface area contributed by atoms with Crippen molar-refractivity contribution in [3.05, 3.63) is 88.3 Å². The summed E-state index contributed by atoms with van der Waals surface area (Å²) in [5.74, 6) is 0.863. The first-order chi connectivity index (χ1) is 11.7. The Hall–Kier alpha value is -2.29. The van der Waals surface area contributed by atoms with Gasteiger partial charge in [0.2, 0.25) is 0 Å². The zero-order chi connectivity index (χ0) is 16.5. The first kappa shape index (κ1) is 15.3. The summed E-state index contributed by atoms with van der Waals surface area (Å²) in [6.07, 6.45) is 2.49. The Bertz CT molecular complexity index is 1020. The van der Waals surface area contributed by atoms with E-state index in [4.69, 9.17) is 23.2 Å². The number of imidazole rings is 1. The fourth-order valence-corrected chi connectivity index (χ4v) is 3.30. The molecule has 1 aromatic heterocycles. The minimum Gasteiger partial charge on any atom is -0.342 e. The van der Waals surface area contributed by atoms with E-state index in [0.29, 0.717) is 16.5 Å². The van der Waals surface area contributed by atoms with E-state index in [2.05, 4.69) is 46.4 Å². The van der Waals surface area contributed by atoms with Crippen molar-refractivity contribution in [1.82, 2.24) is 9.97 Å². The molecular weight excluding hydrogens is 339 g/mol. The van der Waals surface area contributed by atoms with Crippen LogP contribution in [-0.4, -0.2) is 9.97 Å². The van der Waals surface area contributed by atoms with Crippen LogP contribution in [-0.2, 0) is 6.42 Å². The Balaban J connectivity index is 1.71. The van der Waals surface area contributed by atoms with E-state index in [9.17, 15) is 0 Å². The standard InChI is InChI=1S/C20H14Cl2N2/c21-17-10-4-7-14(20(17)22)11-19-23-12-18(24-19)16-9-3-6-13-5-1-2-8-15(13)16/h1-10,12H,11H2,(H,23,24). The summed E-state index contributed by atoms with van der Waals surface area (Å²) in [6.45, 7) is 0. The fourth-order valence-electron chi connectivity index (χ4n) is 2.91. The van der Waals surface area contributed by atoms with E-state index in [1.807, 2.05) is 24.4 Å². The van der Waals surface area contributed by atoms with Gasteiger partial charge in [-0.3, -0.25) is 0 Å². The molecule has 0 saturated carbocycles. The highest BCUT2D eigenvalue weighted by molar-refractivity contribution is 6.42. The van der Waals surface area contributed by atoms with Gasteiger partial charge in [-0.2, -0.15) is 0 Å². The third kappa shape index (κ3) is 2.79. The van der Waals surface area contributed by atoms with Gasteiger partial charge in [0, 0.05) is 12.0 Å². The quantitative estimate of drug-likeness (QED) is 0.472. The number of fused-ring (bicyclic) bond motifs is 1. The van der Waals surface area contributed by atoms with E-state index in [1.165, 1.54) is 10.8 Å². The number of rotatable bonds is 3. The summed E-state index contributed by atoms with van der Waals surface area (Å²) in [4.78, 5) is 7.91. The number of H-pyrrole nitrogens is 1. The molecule has 4 aromatic rings. The molecule has 0 amide bonds. The van der Waals surface area contributed by atoms with E-state index in [0.717, 1.165) is 22.6 Å². The van der Waals surface area contributed by atoms with Gasteiger partial charge < -0.3 is 4.98 Å². The lowest BCUT2D eigenvalue weighted by Gasteiger charge is -2.05. The average molecular weight is 353 g/mol. The van der Waals surface area contributed by atoms with Crippen LogP contribution < -0.4 is 0 Å². The summed E-state index contributed by atoms with van der Waals surface area (Å²) < 4.78 is 0. The Morgan fingerprint density at radius 2 is 1.67 bits per heavy atom. The Labute approximate surface area is 150 Å². The van der Waals surface area contributed by atoms with Crippen LogP contribution in [0, 0.1) is 0 Å². The van der Waals surface area contributed by atoms with Gasteiger partial charge in [-0.25, -0.2) is 4.98 Å². The number of aromatic nitrogens is 2. The maximum Gasteiger partial charge on any atom is 0.110 e. The van der Waals surface area contributed by atoms with Gasteiger partial charge in [-0.1, -0.05) is 77.8 Å². The lowest BCUT2D eigenvalue weighted by molar-refractivity contribution is 1.03. The fraction of sp³-hybridized carbons (Fsp3) is 0.0500. The SMILES string of the molecule is Clc1cccc(Cc2ncc(-c3cccc4ccccc34)[nH]2)c1Cl. The first-order valence-corrected chi connectivity index (χ1v) is 8.43. The Morgan fingerprint density at radius 1 is 0.875 bits per heavy atom. The molecular formula is C20H14Cl2N2. The third-order valence-electron chi connectivity index (χ3n) is 4.10. The van der Waals surface area contributed by atoms with E-state index in [-0.39, 0.29) is 0 Å². The predicted molar refractivity (Wildman–Crippen MR) is 101 cm³/mol. The van der Waals surface area contributed by atoms with Gasteiger partial charge in [0.1, 0.15) is 5.82 Å². The average Bonchev–Trinajstić information content (AvgIpc) is 3.07. The summed E-state index contributed by atoms with van der Waals surface area (Å²) in [6, 6.07) is 20.3. The zero-order valence-electron chi connectivity index (χ0n) is 12.8. The van der Waals surface area contributed by atoms with Crippen LogP contribution in [0.2, 0.25) is 10.0 Å². The first-order valence-electron chi connectivity index (χ1n) is 7.67. The molecule has 0 saturated heterocycles. The van der Waals surface area contributed by atoms with Crippen LogP contribution in [0.15, 0.2) is 66.9 Å². The van der Waals surface area contributed by atoms with Crippen molar-refractivity contribution in [3.8, 4) is 11.3 Å². The number of halogens is 2. The molecule has 0 unspecified atom stereocenters. The second kappa shape index (κ2) is 6.31. The van der Waals surface area contributed by atoms with Crippen LogP contribution in [0.1, 0.15) is 11.4 Å². The number of aromatic amines is 1. The topological polar surface area (TPSA) is 28.7 Å². The molecule has 0 bridgehead atoms. The normalized spacial score (nSPS) is 11.1. The largest absolute Gasteiger partial charge is 0.342 e. The lowest BCUT2D eigenvalue weighted by Crippen LogP contribution is -1.92. The maximum atomic E-state index is 6.27. The van der Waals surface area contributed by atoms with Crippen molar-refractivity contribution in [2.24, 2.45) is 0 Å². The highest BCUT2D eigenvalue weighted by Crippen LogP contribution is 2.29. The maximum absolute atomic E-state index is 6.27. The second-order valence-electron chi connectivity index (χ2n) is 5.66. The van der Waals surface area contributed by atoms with Gasteiger partial charge in [0.15, 0.2) is 0 Å². The molecule has 0 spiro atoms. The van der Waals surface area contributed by atoms with Gasteiger partial charge in [0.05, 0.1) is 21.9 Å². The van der Waals surface area contributed by atoms with Crippen molar-refractivity contribution < 1.29 is 0 Å². The van der Waals surface area contributed by atoms with Crippen LogP contribution in [0.25, 0.3) is 22.0 Å². The number of nitrogens with zero attached hydrogens (tertiary/aromatic N) is 1. The molecule has 0 aliphatic heterocycles. The molecule has 118 valence electrons. The molecule has 1 N–H and O–H groups in total. The highest BCUT2D eigenvalue weighted by Gasteiger charge is 2.10. The summed E-state index contributed by atoms with van der Waals surface area (Å²) >= 11 is 12.4.